The van der Waals surface area contributed by atoms with Crippen LogP contribution in [0.2, 0.25) is 5.02 Å². The van der Waals surface area contributed by atoms with E-state index < -0.39 is 5.60 Å². The molecule has 0 aliphatic carbocycles. The van der Waals surface area contributed by atoms with Crippen LogP contribution in [0.15, 0.2) is 22.7 Å². The van der Waals surface area contributed by atoms with Crippen molar-refractivity contribution in [1.29, 1.82) is 0 Å². The summed E-state index contributed by atoms with van der Waals surface area (Å²) in [7, 11) is 1.59. The summed E-state index contributed by atoms with van der Waals surface area (Å²) in [6.07, 6.45) is 1.37. The monoisotopic (exact) mass is 396 g/mol. The Bertz CT molecular complexity index is 494. The second kappa shape index (κ2) is 8.34. The van der Waals surface area contributed by atoms with E-state index in [1.165, 1.54) is 0 Å². The van der Waals surface area contributed by atoms with Gasteiger partial charge < -0.3 is 15.4 Å². The number of ether oxygens (including phenoxy) is 1. The third kappa shape index (κ3) is 4.57. The van der Waals surface area contributed by atoms with Crippen LogP contribution in [0.25, 0.3) is 0 Å². The van der Waals surface area contributed by atoms with E-state index in [0.717, 1.165) is 23.1 Å². The fourth-order valence-corrected chi connectivity index (χ4v) is 3.10. The van der Waals surface area contributed by atoms with E-state index in [-0.39, 0.29) is 18.3 Å². The van der Waals surface area contributed by atoms with Gasteiger partial charge in [-0.2, -0.15) is 0 Å². The summed E-state index contributed by atoms with van der Waals surface area (Å²) >= 11 is 9.50. The predicted molar refractivity (Wildman–Crippen MR) is 90.1 cm³/mol. The third-order valence-corrected chi connectivity index (χ3v) is 4.52. The topological polar surface area (TPSA) is 50.4 Å². The van der Waals surface area contributed by atoms with Gasteiger partial charge in [0.25, 0.3) is 5.91 Å². The third-order valence-electron chi connectivity index (χ3n) is 3.67. The number of hydrogen-bond donors (Lipinski definition) is 2. The molecule has 118 valence electrons. The van der Waals surface area contributed by atoms with Crippen molar-refractivity contribution in [2.24, 2.45) is 0 Å². The maximum absolute atomic E-state index is 12.4. The van der Waals surface area contributed by atoms with Crippen molar-refractivity contribution >= 4 is 45.8 Å². The average molecular weight is 398 g/mol. The van der Waals surface area contributed by atoms with E-state index in [2.05, 4.69) is 26.6 Å². The lowest BCUT2D eigenvalue weighted by molar-refractivity contribution is -0.146. The zero-order valence-electron chi connectivity index (χ0n) is 11.7. The minimum Gasteiger partial charge on any atom is -0.368 e. The van der Waals surface area contributed by atoms with Crippen LogP contribution in [-0.2, 0) is 16.1 Å². The molecule has 4 nitrogen and oxygen atoms in total. The number of benzene rings is 1. The van der Waals surface area contributed by atoms with Crippen LogP contribution in [0, 0.1) is 0 Å². The smallest absolute Gasteiger partial charge is 0.252 e. The van der Waals surface area contributed by atoms with Crippen LogP contribution < -0.4 is 10.6 Å². The van der Waals surface area contributed by atoms with Crippen molar-refractivity contribution in [3.05, 3.63) is 33.3 Å². The van der Waals surface area contributed by atoms with Crippen LogP contribution in [0.5, 0.6) is 0 Å². The van der Waals surface area contributed by atoms with Crippen LogP contribution in [0.3, 0.4) is 0 Å². The average Bonchev–Trinajstić information content (AvgIpc) is 2.46. The van der Waals surface area contributed by atoms with Gasteiger partial charge in [-0.1, -0.05) is 33.6 Å². The van der Waals surface area contributed by atoms with Crippen LogP contribution in [-0.4, -0.2) is 31.7 Å². The molecule has 0 spiro atoms. The number of carbonyl (C=O) groups is 1. The highest BCUT2D eigenvalue weighted by atomic mass is 79.9. The van der Waals surface area contributed by atoms with Crippen molar-refractivity contribution < 1.29 is 9.53 Å². The highest BCUT2D eigenvalue weighted by Crippen LogP contribution is 2.24. The summed E-state index contributed by atoms with van der Waals surface area (Å²) in [6, 6.07) is 5.62. The summed E-state index contributed by atoms with van der Waals surface area (Å²) in [5.41, 5.74) is 0.177. The second-order valence-corrected chi connectivity index (χ2v) is 6.19. The highest BCUT2D eigenvalue weighted by molar-refractivity contribution is 9.10. The minimum atomic E-state index is -0.715. The van der Waals surface area contributed by atoms with E-state index in [1.807, 2.05) is 18.2 Å². The lowest BCUT2D eigenvalue weighted by Gasteiger charge is -2.34. The molecular formula is C14H19BrCl2N2O2. The molecule has 1 saturated heterocycles. The van der Waals surface area contributed by atoms with E-state index >= 15 is 0 Å². The molecule has 0 bridgehead atoms. The zero-order valence-corrected chi connectivity index (χ0v) is 14.9. The first kappa shape index (κ1) is 18.7. The quantitative estimate of drug-likeness (QED) is 0.821. The van der Waals surface area contributed by atoms with Crippen molar-refractivity contribution in [1.82, 2.24) is 10.6 Å². The summed E-state index contributed by atoms with van der Waals surface area (Å²) in [4.78, 5) is 12.4. The maximum Gasteiger partial charge on any atom is 0.252 e. The largest absolute Gasteiger partial charge is 0.368 e. The predicted octanol–water partition coefficient (Wildman–Crippen LogP) is 2.91. The molecule has 7 heteroatoms. The molecule has 2 N–H and O–H groups in total. The molecule has 1 aromatic rings. The van der Waals surface area contributed by atoms with Gasteiger partial charge in [-0.05, 0) is 43.6 Å². The Labute approximate surface area is 144 Å². The van der Waals surface area contributed by atoms with Crippen LogP contribution in [0.1, 0.15) is 18.4 Å². The van der Waals surface area contributed by atoms with Gasteiger partial charge in [0, 0.05) is 23.1 Å². The SMILES string of the molecule is COC1(C(=O)NCc2ccc(Br)cc2Cl)CCNCC1.Cl. The number of rotatable bonds is 4. The molecule has 0 saturated carbocycles. The molecule has 0 unspecified atom stereocenters. The minimum absolute atomic E-state index is 0. The molecule has 1 aliphatic rings. The molecule has 1 aliphatic heterocycles. The number of amides is 1. The number of halogens is 3. The summed E-state index contributed by atoms with van der Waals surface area (Å²) < 4.78 is 6.41. The van der Waals surface area contributed by atoms with Gasteiger partial charge in [-0.3, -0.25) is 4.79 Å². The lowest BCUT2D eigenvalue weighted by atomic mass is 9.91. The second-order valence-electron chi connectivity index (χ2n) is 4.87. The molecule has 1 heterocycles. The highest BCUT2D eigenvalue weighted by Gasteiger charge is 2.39. The van der Waals surface area contributed by atoms with Crippen LogP contribution >= 0.6 is 39.9 Å². The van der Waals surface area contributed by atoms with Gasteiger partial charge in [0.2, 0.25) is 0 Å². The first-order valence-electron chi connectivity index (χ1n) is 6.55. The Morgan fingerprint density at radius 3 is 2.71 bits per heavy atom. The van der Waals surface area contributed by atoms with Gasteiger partial charge in [0.15, 0.2) is 0 Å². The van der Waals surface area contributed by atoms with Crippen molar-refractivity contribution in [3.63, 3.8) is 0 Å². The van der Waals surface area contributed by atoms with Gasteiger partial charge in [-0.25, -0.2) is 0 Å². The molecular weight excluding hydrogens is 379 g/mol. The lowest BCUT2D eigenvalue weighted by Crippen LogP contribution is -2.53. The standard InChI is InChI=1S/C14H18BrClN2O2.ClH/c1-20-14(4-6-17-7-5-14)13(19)18-9-10-2-3-11(15)8-12(10)16;/h2-3,8,17H,4-7,9H2,1H3,(H,18,19);1H. The van der Waals surface area contributed by atoms with Gasteiger partial charge in [0.1, 0.15) is 5.60 Å². The van der Waals surface area contributed by atoms with Crippen molar-refractivity contribution in [3.8, 4) is 0 Å². The first-order chi connectivity index (χ1) is 9.57. The zero-order chi connectivity index (χ0) is 14.6. The Morgan fingerprint density at radius 2 is 2.14 bits per heavy atom. The van der Waals surface area contributed by atoms with Crippen LogP contribution in [0.4, 0.5) is 0 Å². The van der Waals surface area contributed by atoms with Gasteiger partial charge >= 0.3 is 0 Å². The number of carbonyl (C=O) groups excluding carboxylic acids is 1. The van der Waals surface area contributed by atoms with E-state index in [9.17, 15) is 4.79 Å². The van der Waals surface area contributed by atoms with E-state index in [4.69, 9.17) is 16.3 Å². The fourth-order valence-electron chi connectivity index (χ4n) is 2.36. The molecule has 21 heavy (non-hydrogen) atoms. The maximum atomic E-state index is 12.4. The molecule has 2 rings (SSSR count). The molecule has 0 radical (unpaired) electrons. The Kier molecular flexibility index (Phi) is 7.44. The molecule has 0 aromatic heterocycles. The Hall–Kier alpha value is -0.330. The molecule has 0 atom stereocenters. The number of nitrogens with one attached hydrogen (secondary N) is 2. The Balaban J connectivity index is 0.00000220. The normalized spacial score (nSPS) is 16.9. The van der Waals surface area contributed by atoms with Crippen molar-refractivity contribution in [2.75, 3.05) is 20.2 Å². The number of methoxy groups -OCH3 is 1. The van der Waals surface area contributed by atoms with E-state index in [0.29, 0.717) is 24.4 Å². The summed E-state index contributed by atoms with van der Waals surface area (Å²) in [6.45, 7) is 1.99. The van der Waals surface area contributed by atoms with Gasteiger partial charge in [-0.15, -0.1) is 12.4 Å². The first-order valence-corrected chi connectivity index (χ1v) is 7.72. The van der Waals surface area contributed by atoms with Gasteiger partial charge in [0.05, 0.1) is 0 Å². The van der Waals surface area contributed by atoms with Crippen molar-refractivity contribution in [2.45, 2.75) is 25.0 Å². The van der Waals surface area contributed by atoms with E-state index in [1.54, 1.807) is 7.11 Å². The summed E-state index contributed by atoms with van der Waals surface area (Å²) in [5, 5.41) is 6.80. The molecule has 1 aromatic carbocycles. The molecule has 1 fully saturated rings. The number of hydrogen-bond acceptors (Lipinski definition) is 3. The number of piperidine rings is 1. The molecule has 1 amide bonds. The summed E-state index contributed by atoms with van der Waals surface area (Å²) in [5.74, 6) is -0.0690. The fraction of sp³-hybridized carbons (Fsp3) is 0.500. The Morgan fingerprint density at radius 1 is 1.48 bits per heavy atom.